The van der Waals surface area contributed by atoms with Gasteiger partial charge in [-0.25, -0.2) is 27.5 Å². The monoisotopic (exact) mass is 1100 g/mol. The number of benzene rings is 2. The van der Waals surface area contributed by atoms with Crippen LogP contribution in [0.1, 0.15) is 136 Å². The standard InChI is InChI=1S/C32H30F2N4.C17H22N2.C15H9BrF2N2/c1-20-30(26-14-8-9-15-35-26)37-27-18-24(33)17-25(34)29(27)31(20)38-28-16-23(21-10-4-2-5-11-21)19-36-32(28)22-12-6-3-7-13-22;18-16-11-15(13-7-3-1-4-8-13)12-19-17(16)14-9-5-2-6-10-14;1-8-14(16)13-10(18)6-9(17)7-12(13)20-15(8)11-4-2-3-5-19-11/h8-10,12,14-19H,2-7,11,13H2,1H3,(H,37,38);7,9,11-12H,1-6,8,10,18H2;2-7H,1H3. The van der Waals surface area contributed by atoms with E-state index < -0.39 is 23.3 Å². The van der Waals surface area contributed by atoms with Gasteiger partial charge >= 0.3 is 0 Å². The summed E-state index contributed by atoms with van der Waals surface area (Å²) in [6, 6.07) is 19.6. The molecule has 0 saturated carbocycles. The van der Waals surface area contributed by atoms with E-state index in [4.69, 9.17) is 10.7 Å². The molecule has 2 aromatic carbocycles. The third kappa shape index (κ3) is 12.1. The number of hydrogen-bond acceptors (Lipinski definition) is 8. The van der Waals surface area contributed by atoms with E-state index in [2.05, 4.69) is 82.6 Å². The third-order valence-electron chi connectivity index (χ3n) is 14.8. The van der Waals surface area contributed by atoms with Crippen molar-refractivity contribution >= 4 is 77.1 Å². The topological polar surface area (TPSA) is 115 Å². The van der Waals surface area contributed by atoms with Gasteiger partial charge in [-0.05, 0) is 208 Å². The Kier molecular flexibility index (Phi) is 16.7. The van der Waals surface area contributed by atoms with Crippen LogP contribution in [0.2, 0.25) is 0 Å². The van der Waals surface area contributed by atoms with Gasteiger partial charge in [0.1, 0.15) is 23.3 Å². The molecule has 0 fully saturated rings. The molecule has 0 radical (unpaired) electrons. The Morgan fingerprint density at radius 1 is 0.494 bits per heavy atom. The van der Waals surface area contributed by atoms with E-state index in [-0.39, 0.29) is 21.8 Å². The number of pyridine rings is 6. The van der Waals surface area contributed by atoms with Crippen molar-refractivity contribution in [3.63, 3.8) is 0 Å². The molecule has 8 aromatic rings. The molecule has 0 bridgehead atoms. The Bertz CT molecular complexity index is 3610. The first-order chi connectivity index (χ1) is 37.5. The van der Waals surface area contributed by atoms with E-state index in [9.17, 15) is 13.2 Å². The average molecular weight is 1100 g/mol. The van der Waals surface area contributed by atoms with Crippen molar-refractivity contribution in [3.05, 3.63) is 183 Å². The summed E-state index contributed by atoms with van der Waals surface area (Å²) < 4.78 is 57.5. The summed E-state index contributed by atoms with van der Waals surface area (Å²) in [6.45, 7) is 3.73. The summed E-state index contributed by atoms with van der Waals surface area (Å²) in [5, 5.41) is 4.11. The van der Waals surface area contributed by atoms with Gasteiger partial charge in [-0.2, -0.15) is 0 Å². The second kappa shape index (κ2) is 24.3. The van der Waals surface area contributed by atoms with Crippen molar-refractivity contribution < 1.29 is 17.6 Å². The first-order valence-corrected chi connectivity index (χ1v) is 27.7. The van der Waals surface area contributed by atoms with Gasteiger partial charge in [0, 0.05) is 59.1 Å². The molecule has 4 aliphatic carbocycles. The van der Waals surface area contributed by atoms with E-state index in [1.54, 1.807) is 18.5 Å². The van der Waals surface area contributed by atoms with E-state index in [0.717, 1.165) is 90.1 Å². The van der Waals surface area contributed by atoms with Crippen LogP contribution in [0.25, 0.3) is 66.9 Å². The van der Waals surface area contributed by atoms with E-state index in [0.29, 0.717) is 32.9 Å². The first kappa shape index (κ1) is 53.0. The molecule has 392 valence electrons. The van der Waals surface area contributed by atoms with Crippen LogP contribution < -0.4 is 11.1 Å². The Balaban J connectivity index is 0.000000145. The molecular weight excluding hydrogens is 1040 g/mol. The van der Waals surface area contributed by atoms with Crippen LogP contribution in [-0.4, -0.2) is 29.9 Å². The largest absolute Gasteiger partial charge is 0.397 e. The molecule has 77 heavy (non-hydrogen) atoms. The minimum atomic E-state index is -0.662. The van der Waals surface area contributed by atoms with Gasteiger partial charge in [0.05, 0.1) is 73.0 Å². The van der Waals surface area contributed by atoms with Crippen LogP contribution in [0, 0.1) is 37.1 Å². The molecule has 3 N–H and O–H groups in total. The number of anilines is 3. The van der Waals surface area contributed by atoms with Crippen molar-refractivity contribution in [1.82, 2.24) is 29.9 Å². The maximum Gasteiger partial charge on any atom is 0.137 e. The fourth-order valence-corrected chi connectivity index (χ4v) is 11.4. The Hall–Kier alpha value is -7.38. The minimum absolute atomic E-state index is 0.244. The predicted octanol–water partition coefficient (Wildman–Crippen LogP) is 18.2. The molecule has 4 aliphatic rings. The number of nitrogens with two attached hydrogens (primary N) is 1. The lowest BCUT2D eigenvalue weighted by Crippen LogP contribution is -2.06. The van der Waals surface area contributed by atoms with Gasteiger partial charge in [-0.15, -0.1) is 0 Å². The lowest BCUT2D eigenvalue weighted by Gasteiger charge is -2.22. The highest BCUT2D eigenvalue weighted by atomic mass is 79.9. The highest BCUT2D eigenvalue weighted by Gasteiger charge is 2.23. The normalized spacial score (nSPS) is 15.5. The van der Waals surface area contributed by atoms with Crippen LogP contribution >= 0.6 is 15.9 Å². The van der Waals surface area contributed by atoms with Crippen LogP contribution in [-0.2, 0) is 0 Å². The summed E-state index contributed by atoms with van der Waals surface area (Å²) in [7, 11) is 0. The predicted molar refractivity (Wildman–Crippen MR) is 309 cm³/mol. The second-order valence-electron chi connectivity index (χ2n) is 20.2. The number of hydrogen-bond donors (Lipinski definition) is 2. The Morgan fingerprint density at radius 2 is 0.961 bits per heavy atom. The van der Waals surface area contributed by atoms with Gasteiger partial charge in [-0.1, -0.05) is 36.4 Å². The number of allylic oxidation sites excluding steroid dienone is 8. The van der Waals surface area contributed by atoms with Crippen molar-refractivity contribution in [2.45, 2.75) is 117 Å². The quantitative estimate of drug-likeness (QED) is 0.145. The SMILES string of the molecule is Cc1c(-c2ccccn2)nc2cc(F)cc(F)c2c1Br.Cc1c(-c2ccccn2)nc2cc(F)cc(F)c2c1Nc1cc(C2=CCCCC2)cnc1C1=CCCCC1.Nc1cc(C2=CCCCC2)cnc1C1=CCCCC1. The molecule has 0 atom stereocenters. The molecule has 0 aliphatic heterocycles. The molecule has 8 nitrogen and oxygen atoms in total. The number of nitrogen functional groups attached to an aromatic ring is 1. The molecular formula is C64H61BrF4N8. The first-order valence-electron chi connectivity index (χ1n) is 26.9. The molecule has 6 aromatic heterocycles. The third-order valence-corrected chi connectivity index (χ3v) is 15.8. The van der Waals surface area contributed by atoms with Crippen LogP contribution in [0.15, 0.2) is 126 Å². The van der Waals surface area contributed by atoms with Gasteiger partial charge in [-0.3, -0.25) is 19.9 Å². The second-order valence-corrected chi connectivity index (χ2v) is 21.0. The van der Waals surface area contributed by atoms with Gasteiger partial charge < -0.3 is 11.1 Å². The summed E-state index contributed by atoms with van der Waals surface area (Å²) in [6.07, 6.45) is 35.1. The molecule has 12 rings (SSSR count). The van der Waals surface area contributed by atoms with E-state index >= 15 is 4.39 Å². The average Bonchev–Trinajstić information content (AvgIpc) is 3.47. The zero-order valence-corrected chi connectivity index (χ0v) is 45.1. The summed E-state index contributed by atoms with van der Waals surface area (Å²) in [5.41, 5.74) is 22.5. The lowest BCUT2D eigenvalue weighted by atomic mass is 9.92. The van der Waals surface area contributed by atoms with Gasteiger partial charge in [0.15, 0.2) is 0 Å². The Morgan fingerprint density at radius 3 is 1.45 bits per heavy atom. The highest BCUT2D eigenvalue weighted by Crippen LogP contribution is 2.41. The number of rotatable bonds is 8. The summed E-state index contributed by atoms with van der Waals surface area (Å²) >= 11 is 3.37. The van der Waals surface area contributed by atoms with Crippen LogP contribution in [0.4, 0.5) is 34.6 Å². The van der Waals surface area contributed by atoms with Crippen molar-refractivity contribution in [2.24, 2.45) is 0 Å². The van der Waals surface area contributed by atoms with Crippen LogP contribution in [0.5, 0.6) is 0 Å². The molecule has 6 heterocycles. The number of halogens is 5. The van der Waals surface area contributed by atoms with Crippen molar-refractivity contribution in [2.75, 3.05) is 11.1 Å². The molecule has 0 unspecified atom stereocenters. The van der Waals surface area contributed by atoms with E-state index in [1.165, 1.54) is 104 Å². The smallest absolute Gasteiger partial charge is 0.137 e. The summed E-state index contributed by atoms with van der Waals surface area (Å²) in [4.78, 5) is 27.3. The van der Waals surface area contributed by atoms with Gasteiger partial charge in [0.2, 0.25) is 0 Å². The zero-order chi connectivity index (χ0) is 53.4. The minimum Gasteiger partial charge on any atom is -0.397 e. The highest BCUT2D eigenvalue weighted by molar-refractivity contribution is 9.10. The number of nitrogens with zero attached hydrogens (tertiary/aromatic N) is 6. The molecule has 0 amide bonds. The molecule has 0 saturated heterocycles. The van der Waals surface area contributed by atoms with E-state index in [1.807, 2.05) is 56.6 Å². The lowest BCUT2D eigenvalue weighted by molar-refractivity contribution is 0.590. The molecule has 13 heteroatoms. The number of nitrogens with one attached hydrogen (secondary N) is 1. The number of aromatic nitrogens is 6. The Labute approximate surface area is 456 Å². The fourth-order valence-electron chi connectivity index (χ4n) is 10.8. The fraction of sp³-hybridized carbons (Fsp3) is 0.281. The summed E-state index contributed by atoms with van der Waals surface area (Å²) in [5.74, 6) is -2.59. The van der Waals surface area contributed by atoms with Crippen molar-refractivity contribution in [3.8, 4) is 22.8 Å². The maximum absolute atomic E-state index is 15.4. The van der Waals surface area contributed by atoms with Crippen molar-refractivity contribution in [1.29, 1.82) is 0 Å². The van der Waals surface area contributed by atoms with Gasteiger partial charge in [0.25, 0.3) is 0 Å². The zero-order valence-electron chi connectivity index (χ0n) is 43.5. The van der Waals surface area contributed by atoms with Crippen LogP contribution in [0.3, 0.4) is 0 Å². The molecule has 0 spiro atoms. The number of fused-ring (bicyclic) bond motifs is 2. The maximum atomic E-state index is 15.4.